The van der Waals surface area contributed by atoms with Crippen LogP contribution in [0.1, 0.15) is 25.2 Å². The van der Waals surface area contributed by atoms with Gasteiger partial charge in [0, 0.05) is 6.20 Å². The lowest BCUT2D eigenvalue weighted by Crippen LogP contribution is -2.30. The first-order valence-corrected chi connectivity index (χ1v) is 6.42. The van der Waals surface area contributed by atoms with Crippen molar-refractivity contribution in [3.05, 3.63) is 35.1 Å². The number of nitrogens with zero attached hydrogens (tertiary/aromatic N) is 2. The molecule has 0 amide bonds. The van der Waals surface area contributed by atoms with Crippen LogP contribution >= 0.6 is 11.3 Å². The van der Waals surface area contributed by atoms with Crippen molar-refractivity contribution in [1.29, 1.82) is 0 Å². The molecule has 2 aromatic rings. The van der Waals surface area contributed by atoms with Crippen molar-refractivity contribution in [2.75, 3.05) is 0 Å². The van der Waals surface area contributed by atoms with E-state index in [1.54, 1.807) is 37.4 Å². The Morgan fingerprint density at radius 3 is 2.67 bits per heavy atom. The topological polar surface area (TPSA) is 63.1 Å². The van der Waals surface area contributed by atoms with Gasteiger partial charge in [0.1, 0.15) is 11.2 Å². The SMILES string of the molecule is Cc1ccsc1-c1ccnc(C(C)(C)C(=O)O)n1. The third-order valence-corrected chi connectivity index (χ3v) is 3.88. The molecule has 0 saturated heterocycles. The highest BCUT2D eigenvalue weighted by Crippen LogP contribution is 2.29. The third kappa shape index (κ3) is 2.13. The summed E-state index contributed by atoms with van der Waals surface area (Å²) in [5.74, 6) is -0.595. The first kappa shape index (κ1) is 12.7. The fourth-order valence-electron chi connectivity index (χ4n) is 1.52. The molecule has 0 radical (unpaired) electrons. The van der Waals surface area contributed by atoms with E-state index in [1.165, 1.54) is 0 Å². The van der Waals surface area contributed by atoms with Crippen LogP contribution in [-0.4, -0.2) is 21.0 Å². The maximum absolute atomic E-state index is 11.2. The van der Waals surface area contributed by atoms with Gasteiger partial charge in [0.05, 0.1) is 10.6 Å². The largest absolute Gasteiger partial charge is 0.481 e. The molecule has 0 spiro atoms. The fraction of sp³-hybridized carbons (Fsp3) is 0.308. The first-order chi connectivity index (χ1) is 8.43. The Kier molecular flexibility index (Phi) is 3.17. The van der Waals surface area contributed by atoms with E-state index in [2.05, 4.69) is 9.97 Å². The van der Waals surface area contributed by atoms with E-state index < -0.39 is 11.4 Å². The van der Waals surface area contributed by atoms with E-state index in [0.29, 0.717) is 5.82 Å². The predicted molar refractivity (Wildman–Crippen MR) is 70.7 cm³/mol. The quantitative estimate of drug-likeness (QED) is 0.923. The van der Waals surface area contributed by atoms with Crippen molar-refractivity contribution < 1.29 is 9.90 Å². The van der Waals surface area contributed by atoms with Gasteiger partial charge in [0.25, 0.3) is 0 Å². The first-order valence-electron chi connectivity index (χ1n) is 5.54. The molecule has 0 saturated carbocycles. The molecule has 18 heavy (non-hydrogen) atoms. The highest BCUT2D eigenvalue weighted by Gasteiger charge is 2.32. The maximum Gasteiger partial charge on any atom is 0.316 e. The summed E-state index contributed by atoms with van der Waals surface area (Å²) in [7, 11) is 0. The minimum absolute atomic E-state index is 0.334. The molecule has 5 heteroatoms. The van der Waals surface area contributed by atoms with E-state index in [-0.39, 0.29) is 0 Å². The summed E-state index contributed by atoms with van der Waals surface area (Å²) in [6.07, 6.45) is 1.61. The van der Waals surface area contributed by atoms with Crippen LogP contribution in [0, 0.1) is 6.92 Å². The van der Waals surface area contributed by atoms with Crippen LogP contribution in [0.3, 0.4) is 0 Å². The average molecular weight is 262 g/mol. The van der Waals surface area contributed by atoms with Gasteiger partial charge in [-0.1, -0.05) is 0 Å². The molecule has 1 N–H and O–H groups in total. The molecule has 2 heterocycles. The number of carbonyl (C=O) groups is 1. The zero-order chi connectivity index (χ0) is 13.3. The van der Waals surface area contributed by atoms with E-state index in [0.717, 1.165) is 16.1 Å². The van der Waals surface area contributed by atoms with Crippen molar-refractivity contribution in [3.63, 3.8) is 0 Å². The average Bonchev–Trinajstić information content (AvgIpc) is 2.75. The molecule has 0 bridgehead atoms. The predicted octanol–water partition coefficient (Wildman–Crippen LogP) is 2.88. The Balaban J connectivity index is 2.50. The summed E-state index contributed by atoms with van der Waals surface area (Å²) in [5, 5.41) is 11.2. The fourth-order valence-corrected chi connectivity index (χ4v) is 2.41. The molecular weight excluding hydrogens is 248 g/mol. The summed E-state index contributed by atoms with van der Waals surface area (Å²) in [6, 6.07) is 3.82. The van der Waals surface area contributed by atoms with Crippen LogP contribution in [0.4, 0.5) is 0 Å². The summed E-state index contributed by atoms with van der Waals surface area (Å²) >= 11 is 1.59. The van der Waals surface area contributed by atoms with Gasteiger partial charge in [-0.25, -0.2) is 9.97 Å². The van der Waals surface area contributed by atoms with E-state index >= 15 is 0 Å². The number of aryl methyl sites for hydroxylation is 1. The van der Waals surface area contributed by atoms with E-state index in [1.807, 2.05) is 18.4 Å². The summed E-state index contributed by atoms with van der Waals surface area (Å²) < 4.78 is 0. The third-order valence-electron chi connectivity index (χ3n) is 2.84. The van der Waals surface area contributed by atoms with Gasteiger partial charge in [-0.2, -0.15) is 0 Å². The molecule has 0 atom stereocenters. The van der Waals surface area contributed by atoms with Crippen LogP contribution in [0.2, 0.25) is 0 Å². The number of carboxylic acids is 1. The van der Waals surface area contributed by atoms with Gasteiger partial charge >= 0.3 is 5.97 Å². The Labute approximate surface area is 109 Å². The Morgan fingerprint density at radius 2 is 2.11 bits per heavy atom. The molecule has 2 rings (SSSR count). The Morgan fingerprint density at radius 1 is 1.39 bits per heavy atom. The Bertz CT molecular complexity index is 590. The van der Waals surface area contributed by atoms with Crippen LogP contribution in [-0.2, 0) is 10.2 Å². The zero-order valence-electron chi connectivity index (χ0n) is 10.5. The number of hydrogen-bond donors (Lipinski definition) is 1. The van der Waals surface area contributed by atoms with E-state index in [4.69, 9.17) is 0 Å². The summed E-state index contributed by atoms with van der Waals surface area (Å²) in [4.78, 5) is 20.7. The second-order valence-electron chi connectivity index (χ2n) is 4.63. The second-order valence-corrected chi connectivity index (χ2v) is 5.54. The van der Waals surface area contributed by atoms with Crippen molar-refractivity contribution in [3.8, 4) is 10.6 Å². The number of thiophene rings is 1. The molecule has 0 aliphatic rings. The lowest BCUT2D eigenvalue weighted by Gasteiger charge is -2.17. The van der Waals surface area contributed by atoms with Gasteiger partial charge < -0.3 is 5.11 Å². The monoisotopic (exact) mass is 262 g/mol. The normalized spacial score (nSPS) is 11.5. The molecule has 0 aliphatic carbocycles. The molecule has 0 aliphatic heterocycles. The van der Waals surface area contributed by atoms with Crippen molar-refractivity contribution >= 4 is 17.3 Å². The Hall–Kier alpha value is -1.75. The minimum Gasteiger partial charge on any atom is -0.481 e. The zero-order valence-corrected chi connectivity index (χ0v) is 11.3. The van der Waals surface area contributed by atoms with Gasteiger partial charge in [0.15, 0.2) is 0 Å². The molecule has 4 nitrogen and oxygen atoms in total. The van der Waals surface area contributed by atoms with Crippen LogP contribution in [0.15, 0.2) is 23.7 Å². The van der Waals surface area contributed by atoms with Crippen molar-refractivity contribution in [2.45, 2.75) is 26.2 Å². The van der Waals surface area contributed by atoms with Gasteiger partial charge in [0.2, 0.25) is 0 Å². The molecule has 0 unspecified atom stereocenters. The molecule has 94 valence electrons. The van der Waals surface area contributed by atoms with Crippen LogP contribution in [0.25, 0.3) is 10.6 Å². The van der Waals surface area contributed by atoms with Gasteiger partial charge in [-0.15, -0.1) is 11.3 Å². The number of aromatic nitrogens is 2. The summed E-state index contributed by atoms with van der Waals surface area (Å²) in [6.45, 7) is 5.22. The molecule has 0 aromatic carbocycles. The highest BCUT2D eigenvalue weighted by molar-refractivity contribution is 7.13. The summed E-state index contributed by atoms with van der Waals surface area (Å²) in [5.41, 5.74) is 0.834. The van der Waals surface area contributed by atoms with Crippen LogP contribution in [0.5, 0.6) is 0 Å². The maximum atomic E-state index is 11.2. The van der Waals surface area contributed by atoms with Gasteiger partial charge in [-0.3, -0.25) is 4.79 Å². The smallest absolute Gasteiger partial charge is 0.316 e. The number of rotatable bonds is 3. The number of aliphatic carboxylic acids is 1. The molecule has 0 fully saturated rings. The lowest BCUT2D eigenvalue weighted by molar-refractivity contribution is -0.142. The second kappa shape index (κ2) is 4.49. The van der Waals surface area contributed by atoms with Gasteiger partial charge in [-0.05, 0) is 43.8 Å². The number of hydrogen-bond acceptors (Lipinski definition) is 4. The lowest BCUT2D eigenvalue weighted by atomic mass is 9.92. The minimum atomic E-state index is -1.08. The van der Waals surface area contributed by atoms with Crippen molar-refractivity contribution in [2.24, 2.45) is 0 Å². The molecule has 2 aromatic heterocycles. The van der Waals surface area contributed by atoms with Crippen molar-refractivity contribution in [1.82, 2.24) is 9.97 Å². The van der Waals surface area contributed by atoms with Crippen LogP contribution < -0.4 is 0 Å². The standard InChI is InChI=1S/C13H14N2O2S/c1-8-5-7-18-10(8)9-4-6-14-11(15-9)13(2,3)12(16)17/h4-7H,1-3H3,(H,16,17). The molecular formula is C13H14N2O2S. The highest BCUT2D eigenvalue weighted by atomic mass is 32.1. The number of carboxylic acid groups (broad SMARTS) is 1. The van der Waals surface area contributed by atoms with E-state index in [9.17, 15) is 9.90 Å².